The van der Waals surface area contributed by atoms with Crippen LogP contribution in [0.15, 0.2) is 0 Å². The third kappa shape index (κ3) is 1.48. The number of aliphatic hydroxyl groups is 1. The van der Waals surface area contributed by atoms with Gasteiger partial charge in [-0.25, -0.2) is 0 Å². The highest BCUT2D eigenvalue weighted by Crippen LogP contribution is 2.17. The summed E-state index contributed by atoms with van der Waals surface area (Å²) in [5.74, 6) is 0. The van der Waals surface area contributed by atoms with Crippen molar-refractivity contribution in [1.29, 1.82) is 0 Å². The smallest absolute Gasteiger partial charge is 0.0950 e. The van der Waals surface area contributed by atoms with Crippen LogP contribution in [0.4, 0.5) is 0 Å². The first-order valence-corrected chi connectivity index (χ1v) is 3.70. The molecule has 3 N–H and O–H groups in total. The normalized spacial score (nSPS) is 49.2. The number of hydrogen-bond acceptors (Lipinski definition) is 3. The van der Waals surface area contributed by atoms with Crippen molar-refractivity contribution in [2.24, 2.45) is 5.73 Å². The van der Waals surface area contributed by atoms with Crippen molar-refractivity contribution in [3.63, 3.8) is 0 Å². The van der Waals surface area contributed by atoms with Crippen LogP contribution in [0.25, 0.3) is 0 Å². The van der Waals surface area contributed by atoms with Gasteiger partial charge < -0.3 is 15.6 Å². The lowest BCUT2D eigenvalue weighted by Gasteiger charge is -2.34. The summed E-state index contributed by atoms with van der Waals surface area (Å²) in [5.41, 5.74) is 5.63. The van der Waals surface area contributed by atoms with E-state index in [4.69, 9.17) is 10.5 Å². The summed E-state index contributed by atoms with van der Waals surface area (Å²) in [5, 5.41) is 9.31. The second kappa shape index (κ2) is 2.86. The molecule has 0 spiro atoms. The van der Waals surface area contributed by atoms with E-state index in [1.165, 1.54) is 0 Å². The van der Waals surface area contributed by atoms with Crippen molar-refractivity contribution in [2.75, 3.05) is 0 Å². The molecule has 0 aromatic carbocycles. The molecule has 60 valence electrons. The van der Waals surface area contributed by atoms with Gasteiger partial charge in [0.2, 0.25) is 0 Å². The maximum atomic E-state index is 9.31. The highest BCUT2D eigenvalue weighted by atomic mass is 16.5. The third-order valence-corrected chi connectivity index (χ3v) is 1.97. The topological polar surface area (TPSA) is 55.5 Å². The first-order chi connectivity index (χ1) is 4.61. The Bertz CT molecular complexity index is 106. The average Bonchev–Trinajstić information content (AvgIpc) is 1.82. The van der Waals surface area contributed by atoms with E-state index in [-0.39, 0.29) is 18.2 Å². The molecule has 1 aliphatic rings. The number of nitrogens with two attached hydrogens (primary N) is 1. The van der Waals surface area contributed by atoms with Gasteiger partial charge in [0.1, 0.15) is 0 Å². The zero-order valence-electron chi connectivity index (χ0n) is 6.45. The van der Waals surface area contributed by atoms with E-state index in [0.717, 1.165) is 6.42 Å². The fourth-order valence-corrected chi connectivity index (χ4v) is 1.37. The van der Waals surface area contributed by atoms with Crippen LogP contribution in [0.3, 0.4) is 0 Å². The van der Waals surface area contributed by atoms with Gasteiger partial charge in [0.15, 0.2) is 0 Å². The van der Waals surface area contributed by atoms with Gasteiger partial charge in [0.05, 0.1) is 18.3 Å². The molecule has 0 aliphatic carbocycles. The number of aliphatic hydroxyl groups excluding tert-OH is 1. The standard InChI is InChI=1S/C7H15NO2/c1-4-3-6(8)7(9)5(2)10-4/h4-7,9H,3,8H2,1-2H3/t4?,5?,6?,7-/m1/s1. The molecule has 1 aliphatic heterocycles. The predicted octanol–water partition coefficient (Wildman–Crippen LogP) is -0.128. The summed E-state index contributed by atoms with van der Waals surface area (Å²) in [6.07, 6.45) is 0.342. The molecule has 4 atom stereocenters. The lowest BCUT2D eigenvalue weighted by Crippen LogP contribution is -2.50. The Balaban J connectivity index is 2.49. The Morgan fingerprint density at radius 3 is 2.60 bits per heavy atom. The fourth-order valence-electron chi connectivity index (χ4n) is 1.37. The van der Waals surface area contributed by atoms with Gasteiger partial charge in [-0.3, -0.25) is 0 Å². The molecule has 3 heteroatoms. The minimum absolute atomic E-state index is 0.112. The molecule has 0 saturated carbocycles. The summed E-state index contributed by atoms with van der Waals surface area (Å²) >= 11 is 0. The van der Waals surface area contributed by atoms with Crippen LogP contribution < -0.4 is 5.73 Å². The van der Waals surface area contributed by atoms with Gasteiger partial charge in [-0.05, 0) is 20.3 Å². The van der Waals surface area contributed by atoms with Crippen molar-refractivity contribution in [1.82, 2.24) is 0 Å². The zero-order chi connectivity index (χ0) is 7.72. The average molecular weight is 145 g/mol. The summed E-state index contributed by atoms with van der Waals surface area (Å²) in [7, 11) is 0. The minimum Gasteiger partial charge on any atom is -0.389 e. The molecule has 3 unspecified atom stereocenters. The Morgan fingerprint density at radius 2 is 2.10 bits per heavy atom. The summed E-state index contributed by atoms with van der Waals surface area (Å²) in [6.45, 7) is 3.82. The molecule has 0 aromatic rings. The highest BCUT2D eigenvalue weighted by molar-refractivity contribution is 4.84. The highest BCUT2D eigenvalue weighted by Gasteiger charge is 2.30. The summed E-state index contributed by atoms with van der Waals surface area (Å²) < 4.78 is 5.34. The first kappa shape index (κ1) is 7.98. The maximum absolute atomic E-state index is 9.31. The van der Waals surface area contributed by atoms with Gasteiger partial charge >= 0.3 is 0 Å². The molecule has 3 nitrogen and oxygen atoms in total. The fraction of sp³-hybridized carbons (Fsp3) is 1.00. The van der Waals surface area contributed by atoms with Gasteiger partial charge in [0, 0.05) is 6.04 Å². The number of ether oxygens (including phenoxy) is 1. The van der Waals surface area contributed by atoms with Crippen molar-refractivity contribution >= 4 is 0 Å². The van der Waals surface area contributed by atoms with E-state index in [1.807, 2.05) is 13.8 Å². The van der Waals surface area contributed by atoms with Gasteiger partial charge in [0.25, 0.3) is 0 Å². The van der Waals surface area contributed by atoms with Gasteiger partial charge in [-0.1, -0.05) is 0 Å². The maximum Gasteiger partial charge on any atom is 0.0950 e. The third-order valence-electron chi connectivity index (χ3n) is 1.97. The molecule has 0 bridgehead atoms. The van der Waals surface area contributed by atoms with Crippen LogP contribution in [0.5, 0.6) is 0 Å². The SMILES string of the molecule is CC1CC(N)[C@H](O)C(C)O1. The molecule has 1 rings (SSSR count). The van der Waals surface area contributed by atoms with Crippen LogP contribution in [0, 0.1) is 0 Å². The number of rotatable bonds is 0. The Morgan fingerprint density at radius 1 is 1.50 bits per heavy atom. The van der Waals surface area contributed by atoms with E-state index in [9.17, 15) is 5.11 Å². The van der Waals surface area contributed by atoms with Crippen molar-refractivity contribution in [2.45, 2.75) is 44.6 Å². The first-order valence-electron chi connectivity index (χ1n) is 3.70. The van der Waals surface area contributed by atoms with E-state index in [1.54, 1.807) is 0 Å². The summed E-state index contributed by atoms with van der Waals surface area (Å²) in [6, 6.07) is -0.112. The minimum atomic E-state index is -0.490. The van der Waals surface area contributed by atoms with E-state index < -0.39 is 6.10 Å². The van der Waals surface area contributed by atoms with Crippen LogP contribution >= 0.6 is 0 Å². The monoisotopic (exact) mass is 145 g/mol. The Labute approximate surface area is 61.2 Å². The molecule has 10 heavy (non-hydrogen) atoms. The Hall–Kier alpha value is -0.120. The molecule has 1 fully saturated rings. The number of hydrogen-bond donors (Lipinski definition) is 2. The van der Waals surface area contributed by atoms with Crippen molar-refractivity contribution in [3.05, 3.63) is 0 Å². The molecular formula is C7H15NO2. The van der Waals surface area contributed by atoms with Crippen molar-refractivity contribution < 1.29 is 9.84 Å². The Kier molecular flexibility index (Phi) is 2.28. The van der Waals surface area contributed by atoms with E-state index in [0.29, 0.717) is 0 Å². The summed E-state index contributed by atoms with van der Waals surface area (Å²) in [4.78, 5) is 0. The second-order valence-electron chi connectivity index (χ2n) is 3.04. The quantitative estimate of drug-likeness (QED) is 0.499. The van der Waals surface area contributed by atoms with Gasteiger partial charge in [-0.15, -0.1) is 0 Å². The van der Waals surface area contributed by atoms with Crippen molar-refractivity contribution in [3.8, 4) is 0 Å². The van der Waals surface area contributed by atoms with Crippen LogP contribution in [-0.2, 0) is 4.74 Å². The van der Waals surface area contributed by atoms with E-state index in [2.05, 4.69) is 0 Å². The zero-order valence-corrected chi connectivity index (χ0v) is 6.45. The van der Waals surface area contributed by atoms with Gasteiger partial charge in [-0.2, -0.15) is 0 Å². The molecule has 1 saturated heterocycles. The predicted molar refractivity (Wildman–Crippen MR) is 38.6 cm³/mol. The molecule has 0 radical (unpaired) electrons. The molecule has 0 amide bonds. The van der Waals surface area contributed by atoms with Crippen LogP contribution in [-0.4, -0.2) is 29.5 Å². The largest absolute Gasteiger partial charge is 0.389 e. The second-order valence-corrected chi connectivity index (χ2v) is 3.04. The molecular weight excluding hydrogens is 130 g/mol. The lowest BCUT2D eigenvalue weighted by molar-refractivity contribution is -0.110. The molecule has 1 heterocycles. The lowest BCUT2D eigenvalue weighted by atomic mass is 9.98. The molecule has 0 aromatic heterocycles. The van der Waals surface area contributed by atoms with E-state index >= 15 is 0 Å². The van der Waals surface area contributed by atoms with Crippen LogP contribution in [0.1, 0.15) is 20.3 Å². The van der Waals surface area contributed by atoms with Crippen LogP contribution in [0.2, 0.25) is 0 Å².